The summed E-state index contributed by atoms with van der Waals surface area (Å²) in [4.78, 5) is 27.5. The van der Waals surface area contributed by atoms with Crippen molar-refractivity contribution in [3.8, 4) is 0 Å². The predicted octanol–water partition coefficient (Wildman–Crippen LogP) is 2.69. The predicted molar refractivity (Wildman–Crippen MR) is 102 cm³/mol. The lowest BCUT2D eigenvalue weighted by Gasteiger charge is -2.44. The van der Waals surface area contributed by atoms with Gasteiger partial charge in [-0.2, -0.15) is 0 Å². The molecule has 7 nitrogen and oxygen atoms in total. The van der Waals surface area contributed by atoms with Crippen LogP contribution >= 0.6 is 0 Å². The number of carbonyl (C=O) groups excluding carboxylic acids is 1. The number of benzene rings is 1. The average Bonchev–Trinajstić information content (AvgIpc) is 2.59. The second-order valence-corrected chi connectivity index (χ2v) is 8.33. The first-order valence-corrected chi connectivity index (χ1v) is 9.51. The molecule has 2 aliphatic rings. The van der Waals surface area contributed by atoms with Gasteiger partial charge in [0, 0.05) is 32.2 Å². The third kappa shape index (κ3) is 4.91. The van der Waals surface area contributed by atoms with Gasteiger partial charge in [0.2, 0.25) is 0 Å². The van der Waals surface area contributed by atoms with Crippen LogP contribution < -0.4 is 5.32 Å². The molecule has 2 aliphatic heterocycles. The average molecular weight is 375 g/mol. The van der Waals surface area contributed by atoms with Crippen molar-refractivity contribution in [2.45, 2.75) is 57.8 Å². The standard InChI is InChI=1S/C20H29N3O4/c1-20(2,3)27-18(24)21-16-13-23(19(25)26)11-9-17(16)22-10-8-14-6-4-5-7-15(14)12-22/h4-7,16-17H,8-13H2,1-3H3,(H,21,24)(H,25,26)/t16-,17-/m1/s1. The van der Waals surface area contributed by atoms with Gasteiger partial charge in [0.15, 0.2) is 0 Å². The molecule has 1 aromatic rings. The zero-order valence-corrected chi connectivity index (χ0v) is 16.3. The maximum absolute atomic E-state index is 12.3. The van der Waals surface area contributed by atoms with Gasteiger partial charge in [0.05, 0.1) is 6.04 Å². The number of nitrogens with zero attached hydrogens (tertiary/aromatic N) is 2. The third-order valence-electron chi connectivity index (χ3n) is 5.18. The van der Waals surface area contributed by atoms with Gasteiger partial charge >= 0.3 is 12.2 Å². The number of fused-ring (bicyclic) bond motifs is 1. The van der Waals surface area contributed by atoms with Gasteiger partial charge in [-0.05, 0) is 44.7 Å². The first-order valence-electron chi connectivity index (χ1n) is 9.51. The molecular weight excluding hydrogens is 346 g/mol. The topological polar surface area (TPSA) is 82.1 Å². The molecule has 7 heteroatoms. The Morgan fingerprint density at radius 1 is 1.19 bits per heavy atom. The number of hydrogen-bond donors (Lipinski definition) is 2. The summed E-state index contributed by atoms with van der Waals surface area (Å²) in [6.45, 7) is 7.92. The molecule has 0 unspecified atom stereocenters. The minimum absolute atomic E-state index is 0.0847. The summed E-state index contributed by atoms with van der Waals surface area (Å²) in [5.74, 6) is 0. The van der Waals surface area contributed by atoms with Crippen molar-refractivity contribution < 1.29 is 19.4 Å². The summed E-state index contributed by atoms with van der Waals surface area (Å²) in [6.07, 6.45) is 0.208. The summed E-state index contributed by atoms with van der Waals surface area (Å²) in [7, 11) is 0. The maximum Gasteiger partial charge on any atom is 0.407 e. The molecule has 148 valence electrons. The van der Waals surface area contributed by atoms with Crippen molar-refractivity contribution in [3.05, 3.63) is 35.4 Å². The Labute approximate surface area is 160 Å². The first kappa shape index (κ1) is 19.5. The number of rotatable bonds is 2. The molecule has 27 heavy (non-hydrogen) atoms. The van der Waals surface area contributed by atoms with E-state index < -0.39 is 17.8 Å². The molecule has 0 radical (unpaired) electrons. The van der Waals surface area contributed by atoms with E-state index in [1.54, 1.807) is 0 Å². The summed E-state index contributed by atoms with van der Waals surface area (Å²) in [5, 5.41) is 12.3. The van der Waals surface area contributed by atoms with Crippen LogP contribution in [0.4, 0.5) is 9.59 Å². The van der Waals surface area contributed by atoms with E-state index in [0.29, 0.717) is 13.0 Å². The molecular formula is C20H29N3O4. The van der Waals surface area contributed by atoms with Crippen molar-refractivity contribution in [2.75, 3.05) is 19.6 Å². The molecule has 2 N–H and O–H groups in total. The molecule has 0 spiro atoms. The largest absolute Gasteiger partial charge is 0.465 e. The van der Waals surface area contributed by atoms with Gasteiger partial charge in [-0.25, -0.2) is 9.59 Å². The highest BCUT2D eigenvalue weighted by Gasteiger charge is 2.37. The molecule has 3 rings (SSSR count). The van der Waals surface area contributed by atoms with Crippen LogP contribution in [0.5, 0.6) is 0 Å². The highest BCUT2D eigenvalue weighted by atomic mass is 16.6. The van der Waals surface area contributed by atoms with E-state index in [0.717, 1.165) is 19.5 Å². The maximum atomic E-state index is 12.3. The molecule has 2 heterocycles. The summed E-state index contributed by atoms with van der Waals surface area (Å²) in [5.41, 5.74) is 2.08. The van der Waals surface area contributed by atoms with Crippen LogP contribution in [0.15, 0.2) is 24.3 Å². The third-order valence-corrected chi connectivity index (χ3v) is 5.18. The number of alkyl carbamates (subject to hydrolysis) is 1. The van der Waals surface area contributed by atoms with Crippen LogP contribution in [-0.4, -0.2) is 64.4 Å². The van der Waals surface area contributed by atoms with Crippen molar-refractivity contribution >= 4 is 12.2 Å². The lowest BCUT2D eigenvalue weighted by atomic mass is 9.93. The van der Waals surface area contributed by atoms with Crippen LogP contribution in [0.1, 0.15) is 38.3 Å². The highest BCUT2D eigenvalue weighted by Crippen LogP contribution is 2.25. The van der Waals surface area contributed by atoms with Crippen LogP contribution in [0.25, 0.3) is 0 Å². The quantitative estimate of drug-likeness (QED) is 0.831. The fourth-order valence-electron chi connectivity index (χ4n) is 3.95. The Morgan fingerprint density at radius 2 is 1.89 bits per heavy atom. The SMILES string of the molecule is CC(C)(C)OC(=O)N[C@@H]1CN(C(=O)O)CC[C@H]1N1CCc2ccccc2C1. The van der Waals surface area contributed by atoms with Crippen LogP contribution in [0, 0.1) is 0 Å². The minimum atomic E-state index is -0.951. The second kappa shape index (κ2) is 7.76. The zero-order valence-electron chi connectivity index (χ0n) is 16.3. The number of amides is 2. The van der Waals surface area contributed by atoms with Crippen molar-refractivity contribution in [1.82, 2.24) is 15.1 Å². The molecule has 2 atom stereocenters. The van der Waals surface area contributed by atoms with Crippen molar-refractivity contribution in [2.24, 2.45) is 0 Å². The molecule has 0 aromatic heterocycles. The van der Waals surface area contributed by atoms with Crippen LogP contribution in [-0.2, 0) is 17.7 Å². The van der Waals surface area contributed by atoms with Gasteiger partial charge in [0.25, 0.3) is 0 Å². The van der Waals surface area contributed by atoms with Gasteiger partial charge in [-0.15, -0.1) is 0 Å². The molecule has 0 bridgehead atoms. The zero-order chi connectivity index (χ0) is 19.6. The molecule has 1 aromatic carbocycles. The number of nitrogens with one attached hydrogen (secondary N) is 1. The van der Waals surface area contributed by atoms with E-state index in [1.807, 2.05) is 26.8 Å². The summed E-state index contributed by atoms with van der Waals surface area (Å²) in [6, 6.07) is 8.20. The van der Waals surface area contributed by atoms with E-state index in [-0.39, 0.29) is 18.6 Å². The lowest BCUT2D eigenvalue weighted by Crippen LogP contribution is -2.62. The Balaban J connectivity index is 1.73. The number of piperidine rings is 1. The van der Waals surface area contributed by atoms with Gasteiger partial charge < -0.3 is 20.1 Å². The van der Waals surface area contributed by atoms with Gasteiger partial charge in [-0.3, -0.25) is 4.90 Å². The van der Waals surface area contributed by atoms with Crippen LogP contribution in [0.2, 0.25) is 0 Å². The second-order valence-electron chi connectivity index (χ2n) is 8.33. The van der Waals surface area contributed by atoms with Crippen LogP contribution in [0.3, 0.4) is 0 Å². The Bertz CT molecular complexity index is 701. The number of hydrogen-bond acceptors (Lipinski definition) is 4. The fourth-order valence-corrected chi connectivity index (χ4v) is 3.95. The van der Waals surface area contributed by atoms with E-state index in [1.165, 1.54) is 16.0 Å². The van der Waals surface area contributed by atoms with Gasteiger partial charge in [0.1, 0.15) is 5.60 Å². The summed E-state index contributed by atoms with van der Waals surface area (Å²) < 4.78 is 5.39. The summed E-state index contributed by atoms with van der Waals surface area (Å²) >= 11 is 0. The number of likely N-dealkylation sites (tertiary alicyclic amines) is 1. The Morgan fingerprint density at radius 3 is 2.56 bits per heavy atom. The monoisotopic (exact) mass is 375 g/mol. The van der Waals surface area contributed by atoms with E-state index in [9.17, 15) is 14.7 Å². The molecule has 1 fully saturated rings. The van der Waals surface area contributed by atoms with Crippen molar-refractivity contribution in [3.63, 3.8) is 0 Å². The Hall–Kier alpha value is -2.28. The number of carbonyl (C=O) groups is 2. The van der Waals surface area contributed by atoms with Crippen molar-refractivity contribution in [1.29, 1.82) is 0 Å². The number of ether oxygens (including phenoxy) is 1. The van der Waals surface area contributed by atoms with E-state index in [4.69, 9.17) is 4.74 Å². The minimum Gasteiger partial charge on any atom is -0.465 e. The molecule has 0 saturated carbocycles. The first-order chi connectivity index (χ1) is 12.7. The molecule has 0 aliphatic carbocycles. The molecule has 2 amide bonds. The van der Waals surface area contributed by atoms with E-state index >= 15 is 0 Å². The van der Waals surface area contributed by atoms with E-state index in [2.05, 4.69) is 28.4 Å². The van der Waals surface area contributed by atoms with Gasteiger partial charge in [-0.1, -0.05) is 24.3 Å². The molecule has 1 saturated heterocycles. The Kier molecular flexibility index (Phi) is 5.60. The number of carboxylic acid groups (broad SMARTS) is 1. The normalized spacial score (nSPS) is 23.4. The smallest absolute Gasteiger partial charge is 0.407 e. The fraction of sp³-hybridized carbons (Fsp3) is 0.600. The highest BCUT2D eigenvalue weighted by molar-refractivity contribution is 5.69. The lowest BCUT2D eigenvalue weighted by molar-refractivity contribution is 0.0319.